The van der Waals surface area contributed by atoms with Crippen molar-refractivity contribution >= 4 is 5.91 Å². The van der Waals surface area contributed by atoms with E-state index in [0.29, 0.717) is 6.42 Å². The van der Waals surface area contributed by atoms with Crippen LogP contribution in [0.5, 0.6) is 0 Å². The Morgan fingerprint density at radius 3 is 2.26 bits per heavy atom. The van der Waals surface area contributed by atoms with Crippen LogP contribution in [0.3, 0.4) is 0 Å². The molecule has 1 aromatic carbocycles. The predicted octanol–water partition coefficient (Wildman–Crippen LogP) is 3.02. The van der Waals surface area contributed by atoms with E-state index in [9.17, 15) is 10.1 Å². The van der Waals surface area contributed by atoms with Gasteiger partial charge in [-0.2, -0.15) is 5.26 Å². The lowest BCUT2D eigenvalue weighted by molar-refractivity contribution is -0.133. The quantitative estimate of drug-likeness (QED) is 0.754. The number of nitriles is 1. The molecule has 0 aliphatic heterocycles. The maximum absolute atomic E-state index is 12.4. The largest absolute Gasteiger partial charge is 0.342 e. The zero-order valence-corrected chi connectivity index (χ0v) is 11.8. The molecule has 1 amide bonds. The van der Waals surface area contributed by atoms with Crippen LogP contribution in [0.2, 0.25) is 0 Å². The van der Waals surface area contributed by atoms with E-state index in [1.807, 2.05) is 35.2 Å². The first-order valence-corrected chi connectivity index (χ1v) is 6.95. The van der Waals surface area contributed by atoms with Gasteiger partial charge in [-0.1, -0.05) is 44.2 Å². The molecule has 0 spiro atoms. The van der Waals surface area contributed by atoms with Crippen LogP contribution in [0.1, 0.15) is 32.3 Å². The van der Waals surface area contributed by atoms with Crippen LogP contribution < -0.4 is 0 Å². The van der Waals surface area contributed by atoms with E-state index in [0.717, 1.165) is 31.5 Å². The van der Waals surface area contributed by atoms with E-state index < -0.39 is 5.92 Å². The molecule has 19 heavy (non-hydrogen) atoms. The van der Waals surface area contributed by atoms with Gasteiger partial charge in [0.2, 0.25) is 5.91 Å². The van der Waals surface area contributed by atoms with Crippen LogP contribution in [0.25, 0.3) is 0 Å². The summed E-state index contributed by atoms with van der Waals surface area (Å²) in [6.07, 6.45) is 2.35. The monoisotopic (exact) mass is 258 g/mol. The summed E-state index contributed by atoms with van der Waals surface area (Å²) < 4.78 is 0. The third-order valence-electron chi connectivity index (χ3n) is 3.04. The van der Waals surface area contributed by atoms with Gasteiger partial charge < -0.3 is 4.90 Å². The van der Waals surface area contributed by atoms with Gasteiger partial charge >= 0.3 is 0 Å². The number of hydrogen-bond donors (Lipinski definition) is 0. The van der Waals surface area contributed by atoms with Gasteiger partial charge in [0.05, 0.1) is 6.07 Å². The van der Waals surface area contributed by atoms with Gasteiger partial charge in [0.15, 0.2) is 0 Å². The van der Waals surface area contributed by atoms with Crippen molar-refractivity contribution < 1.29 is 4.79 Å². The fraction of sp³-hybridized carbons (Fsp3) is 0.500. The van der Waals surface area contributed by atoms with Crippen molar-refractivity contribution in [2.24, 2.45) is 5.92 Å². The first-order valence-electron chi connectivity index (χ1n) is 6.95. The Morgan fingerprint density at radius 2 is 1.79 bits per heavy atom. The highest BCUT2D eigenvalue weighted by Gasteiger charge is 2.23. The number of amides is 1. The highest BCUT2D eigenvalue weighted by molar-refractivity contribution is 5.81. The summed E-state index contributed by atoms with van der Waals surface area (Å²) in [5, 5.41) is 9.25. The van der Waals surface area contributed by atoms with Crippen molar-refractivity contribution in [3.63, 3.8) is 0 Å². The third kappa shape index (κ3) is 4.75. The van der Waals surface area contributed by atoms with Crippen LogP contribution in [0.4, 0.5) is 0 Å². The van der Waals surface area contributed by atoms with Gasteiger partial charge in [-0.15, -0.1) is 0 Å². The summed E-state index contributed by atoms with van der Waals surface area (Å²) in [7, 11) is 0. The van der Waals surface area contributed by atoms with Crippen molar-refractivity contribution in [2.75, 3.05) is 13.1 Å². The Balaban J connectivity index is 2.73. The van der Waals surface area contributed by atoms with Crippen LogP contribution in [0, 0.1) is 17.2 Å². The molecule has 1 aromatic rings. The molecule has 0 fully saturated rings. The third-order valence-corrected chi connectivity index (χ3v) is 3.04. The van der Waals surface area contributed by atoms with Crippen LogP contribution in [-0.4, -0.2) is 23.9 Å². The second-order valence-corrected chi connectivity index (χ2v) is 4.70. The maximum atomic E-state index is 12.4. The Morgan fingerprint density at radius 1 is 1.21 bits per heavy atom. The van der Waals surface area contributed by atoms with Crippen molar-refractivity contribution in [3.8, 4) is 6.07 Å². The van der Waals surface area contributed by atoms with E-state index >= 15 is 0 Å². The standard InChI is InChI=1S/C16H22N2O/c1-3-10-18(11-4-2)16(19)15(13-17)12-14-8-6-5-7-9-14/h5-9,15H,3-4,10-12H2,1-2H3. The zero-order chi connectivity index (χ0) is 14.1. The zero-order valence-electron chi connectivity index (χ0n) is 11.8. The normalized spacial score (nSPS) is 11.6. The Labute approximate surface area is 115 Å². The molecule has 1 atom stereocenters. The average molecular weight is 258 g/mol. The van der Waals surface area contributed by atoms with E-state index in [1.54, 1.807) is 0 Å². The molecule has 1 unspecified atom stereocenters. The number of benzene rings is 1. The number of nitrogens with zero attached hydrogens (tertiary/aromatic N) is 2. The minimum atomic E-state index is -0.569. The summed E-state index contributed by atoms with van der Waals surface area (Å²) in [4.78, 5) is 14.2. The highest BCUT2D eigenvalue weighted by atomic mass is 16.2. The molecule has 0 aromatic heterocycles. The second-order valence-electron chi connectivity index (χ2n) is 4.70. The Hall–Kier alpha value is -1.82. The van der Waals surface area contributed by atoms with E-state index in [2.05, 4.69) is 19.9 Å². The molecule has 0 N–H and O–H groups in total. The second kappa shape index (κ2) is 8.31. The molecule has 0 saturated heterocycles. The maximum Gasteiger partial charge on any atom is 0.240 e. The van der Waals surface area contributed by atoms with Gasteiger partial charge in [-0.3, -0.25) is 4.79 Å². The molecule has 0 radical (unpaired) electrons. The lowest BCUT2D eigenvalue weighted by Gasteiger charge is -2.23. The highest BCUT2D eigenvalue weighted by Crippen LogP contribution is 2.12. The number of carbonyl (C=O) groups is 1. The van der Waals surface area contributed by atoms with Gasteiger partial charge in [-0.25, -0.2) is 0 Å². The van der Waals surface area contributed by atoms with Crippen LogP contribution in [-0.2, 0) is 11.2 Å². The van der Waals surface area contributed by atoms with E-state index in [-0.39, 0.29) is 5.91 Å². The molecule has 0 bridgehead atoms. The lowest BCUT2D eigenvalue weighted by atomic mass is 9.99. The first-order chi connectivity index (χ1) is 9.22. The average Bonchev–Trinajstić information content (AvgIpc) is 2.45. The summed E-state index contributed by atoms with van der Waals surface area (Å²) in [5.41, 5.74) is 1.04. The summed E-state index contributed by atoms with van der Waals surface area (Å²) in [6.45, 7) is 5.57. The first kappa shape index (κ1) is 15.2. The van der Waals surface area contributed by atoms with Gasteiger partial charge in [0.25, 0.3) is 0 Å². The van der Waals surface area contributed by atoms with Crippen LogP contribution in [0.15, 0.2) is 30.3 Å². The molecule has 1 rings (SSSR count). The Bertz CT molecular complexity index is 416. The topological polar surface area (TPSA) is 44.1 Å². The van der Waals surface area contributed by atoms with Gasteiger partial charge in [-0.05, 0) is 24.8 Å². The summed E-state index contributed by atoms with van der Waals surface area (Å²) in [6, 6.07) is 11.9. The van der Waals surface area contributed by atoms with E-state index in [4.69, 9.17) is 0 Å². The molecule has 3 nitrogen and oxygen atoms in total. The molecule has 0 aliphatic carbocycles. The number of hydrogen-bond acceptors (Lipinski definition) is 2. The smallest absolute Gasteiger partial charge is 0.240 e. The molecular weight excluding hydrogens is 236 g/mol. The van der Waals surface area contributed by atoms with Crippen molar-refractivity contribution in [1.82, 2.24) is 4.90 Å². The molecule has 102 valence electrons. The fourth-order valence-electron chi connectivity index (χ4n) is 2.13. The lowest BCUT2D eigenvalue weighted by Crippen LogP contribution is -2.37. The molecule has 0 aliphatic rings. The predicted molar refractivity (Wildman–Crippen MR) is 76.4 cm³/mol. The fourth-order valence-corrected chi connectivity index (χ4v) is 2.13. The number of carbonyl (C=O) groups excluding carboxylic acids is 1. The van der Waals surface area contributed by atoms with Gasteiger partial charge in [0, 0.05) is 13.1 Å². The SMILES string of the molecule is CCCN(CCC)C(=O)C(C#N)Cc1ccccc1. The van der Waals surface area contributed by atoms with E-state index in [1.165, 1.54) is 0 Å². The molecule has 3 heteroatoms. The van der Waals surface area contributed by atoms with Crippen LogP contribution >= 0.6 is 0 Å². The molecule has 0 saturated carbocycles. The number of rotatable bonds is 7. The van der Waals surface area contributed by atoms with Crippen molar-refractivity contribution in [3.05, 3.63) is 35.9 Å². The minimum absolute atomic E-state index is 0.0324. The molecular formula is C16H22N2O. The van der Waals surface area contributed by atoms with Crippen molar-refractivity contribution in [2.45, 2.75) is 33.1 Å². The minimum Gasteiger partial charge on any atom is -0.342 e. The molecule has 0 heterocycles. The summed E-state index contributed by atoms with van der Waals surface area (Å²) in [5.74, 6) is -0.601. The summed E-state index contributed by atoms with van der Waals surface area (Å²) >= 11 is 0. The van der Waals surface area contributed by atoms with Crippen molar-refractivity contribution in [1.29, 1.82) is 5.26 Å². The Kier molecular flexibility index (Phi) is 6.67. The van der Waals surface area contributed by atoms with Gasteiger partial charge in [0.1, 0.15) is 5.92 Å².